The molecule has 1 amide bonds. The Morgan fingerprint density at radius 3 is 1.92 bits per heavy atom. The highest BCUT2D eigenvalue weighted by molar-refractivity contribution is 5.73. The normalized spacial score (nSPS) is 13.3. The van der Waals surface area contributed by atoms with E-state index in [0.717, 1.165) is 11.1 Å². The zero-order valence-electron chi connectivity index (χ0n) is 14.7. The van der Waals surface area contributed by atoms with Gasteiger partial charge < -0.3 is 14.8 Å². The maximum atomic E-state index is 11.8. The molecule has 2 unspecified atom stereocenters. The first-order valence-electron chi connectivity index (χ1n) is 8.02. The molecule has 1 N–H and O–H groups in total. The van der Waals surface area contributed by atoms with E-state index in [-0.39, 0.29) is 24.8 Å². The van der Waals surface area contributed by atoms with E-state index in [9.17, 15) is 4.79 Å². The summed E-state index contributed by atoms with van der Waals surface area (Å²) in [5.41, 5.74) is 4.34. The van der Waals surface area contributed by atoms with Gasteiger partial charge in [-0.05, 0) is 25.0 Å². The maximum absolute atomic E-state index is 11.8. The topological polar surface area (TPSA) is 47.6 Å². The first kappa shape index (κ1) is 18.2. The van der Waals surface area contributed by atoms with Crippen LogP contribution in [0, 0.1) is 13.8 Å². The van der Waals surface area contributed by atoms with Gasteiger partial charge >= 0.3 is 0 Å². The second-order valence-corrected chi connectivity index (χ2v) is 5.99. The number of carbonyl (C=O) groups excluding carboxylic acids is 1. The molecule has 0 heterocycles. The molecule has 0 bridgehead atoms. The van der Waals surface area contributed by atoms with Crippen molar-refractivity contribution in [3.63, 3.8) is 0 Å². The molecule has 2 rings (SSSR count). The highest BCUT2D eigenvalue weighted by Gasteiger charge is 2.26. The average Bonchev–Trinajstić information content (AvgIpc) is 2.56. The Labute approximate surface area is 143 Å². The van der Waals surface area contributed by atoms with Crippen LogP contribution in [0.4, 0.5) is 0 Å². The summed E-state index contributed by atoms with van der Waals surface area (Å²) in [6.45, 7) is 5.75. The molecule has 0 fully saturated rings. The van der Waals surface area contributed by atoms with Crippen LogP contribution < -0.4 is 5.32 Å². The number of aryl methyl sites for hydroxylation is 2. The second-order valence-electron chi connectivity index (χ2n) is 5.99. The number of carbonyl (C=O) groups is 1. The Hall–Kier alpha value is -2.17. The molecule has 2 aromatic carbocycles. The molecule has 24 heavy (non-hydrogen) atoms. The van der Waals surface area contributed by atoms with E-state index in [4.69, 9.17) is 9.47 Å². The van der Waals surface area contributed by atoms with Crippen LogP contribution in [0.3, 0.4) is 0 Å². The van der Waals surface area contributed by atoms with E-state index in [1.54, 1.807) is 7.11 Å². The van der Waals surface area contributed by atoms with Crippen LogP contribution >= 0.6 is 0 Å². The standard InChI is InChI=1S/C20H25NO3/c1-14-5-9-17(10-6-14)19(21-16(3)22)20(24-13-23-4)18-11-7-15(2)8-12-18/h5-12,19-20H,13H2,1-4H3,(H,21,22). The molecule has 0 spiro atoms. The fraction of sp³-hybridized carbons (Fsp3) is 0.350. The molecule has 0 aliphatic heterocycles. The molecule has 0 saturated heterocycles. The van der Waals surface area contributed by atoms with Gasteiger partial charge in [-0.25, -0.2) is 0 Å². The van der Waals surface area contributed by atoms with E-state index >= 15 is 0 Å². The van der Waals surface area contributed by atoms with Gasteiger partial charge in [-0.1, -0.05) is 59.7 Å². The number of nitrogens with one attached hydrogen (secondary N) is 1. The predicted octanol–water partition coefficient (Wildman–Crippen LogP) is 3.84. The van der Waals surface area contributed by atoms with Gasteiger partial charge in [0.25, 0.3) is 0 Å². The lowest BCUT2D eigenvalue weighted by Crippen LogP contribution is -2.32. The summed E-state index contributed by atoms with van der Waals surface area (Å²) in [5.74, 6) is -0.0984. The molecule has 0 radical (unpaired) electrons. The van der Waals surface area contributed by atoms with Crippen LogP contribution in [0.15, 0.2) is 48.5 Å². The molecule has 2 atom stereocenters. The number of ether oxygens (including phenoxy) is 2. The highest BCUT2D eigenvalue weighted by atomic mass is 16.7. The number of amides is 1. The fourth-order valence-electron chi connectivity index (χ4n) is 2.61. The lowest BCUT2D eigenvalue weighted by Gasteiger charge is -2.28. The maximum Gasteiger partial charge on any atom is 0.217 e. The minimum Gasteiger partial charge on any atom is -0.359 e. The molecular weight excluding hydrogens is 302 g/mol. The molecule has 0 aromatic heterocycles. The molecule has 2 aromatic rings. The van der Waals surface area contributed by atoms with E-state index in [0.29, 0.717) is 0 Å². The molecular formula is C20H25NO3. The van der Waals surface area contributed by atoms with Crippen molar-refractivity contribution in [1.82, 2.24) is 5.32 Å². The Morgan fingerprint density at radius 2 is 1.46 bits per heavy atom. The zero-order valence-corrected chi connectivity index (χ0v) is 14.7. The van der Waals surface area contributed by atoms with Gasteiger partial charge in [0.05, 0.1) is 6.04 Å². The summed E-state index contributed by atoms with van der Waals surface area (Å²) in [5, 5.41) is 3.02. The molecule has 0 aliphatic carbocycles. The fourth-order valence-corrected chi connectivity index (χ4v) is 2.61. The minimum atomic E-state index is -0.336. The number of benzene rings is 2. The third kappa shape index (κ3) is 4.91. The Balaban J connectivity index is 2.40. The lowest BCUT2D eigenvalue weighted by atomic mass is 9.94. The summed E-state index contributed by atoms with van der Waals surface area (Å²) >= 11 is 0. The average molecular weight is 327 g/mol. The minimum absolute atomic E-state index is 0.0984. The summed E-state index contributed by atoms with van der Waals surface area (Å²) < 4.78 is 11.0. The van der Waals surface area contributed by atoms with Gasteiger partial charge in [-0.2, -0.15) is 0 Å². The third-order valence-electron chi connectivity index (χ3n) is 3.87. The highest BCUT2D eigenvalue weighted by Crippen LogP contribution is 2.32. The van der Waals surface area contributed by atoms with Crippen molar-refractivity contribution in [1.29, 1.82) is 0 Å². The summed E-state index contributed by atoms with van der Waals surface area (Å²) in [4.78, 5) is 11.8. The van der Waals surface area contributed by atoms with Gasteiger partial charge in [0.2, 0.25) is 5.91 Å². The van der Waals surface area contributed by atoms with Crippen LogP contribution in [0.25, 0.3) is 0 Å². The van der Waals surface area contributed by atoms with Crippen molar-refractivity contribution in [2.45, 2.75) is 32.9 Å². The van der Waals surface area contributed by atoms with Crippen molar-refractivity contribution >= 4 is 5.91 Å². The number of hydrogen-bond acceptors (Lipinski definition) is 3. The Kier molecular flexibility index (Phi) is 6.53. The smallest absolute Gasteiger partial charge is 0.217 e. The number of methoxy groups -OCH3 is 1. The summed E-state index contributed by atoms with van der Waals surface area (Å²) in [7, 11) is 1.59. The van der Waals surface area contributed by atoms with Crippen molar-refractivity contribution in [2.75, 3.05) is 13.9 Å². The predicted molar refractivity (Wildman–Crippen MR) is 94.6 cm³/mol. The van der Waals surface area contributed by atoms with Crippen molar-refractivity contribution in [2.24, 2.45) is 0 Å². The molecule has 0 aliphatic rings. The van der Waals surface area contributed by atoms with Crippen molar-refractivity contribution in [3.05, 3.63) is 70.8 Å². The first-order chi connectivity index (χ1) is 11.5. The zero-order chi connectivity index (χ0) is 17.5. The lowest BCUT2D eigenvalue weighted by molar-refractivity contribution is -0.123. The summed E-state index contributed by atoms with van der Waals surface area (Å²) in [6, 6.07) is 16.0. The third-order valence-corrected chi connectivity index (χ3v) is 3.87. The second kappa shape index (κ2) is 8.62. The van der Waals surface area contributed by atoms with Gasteiger partial charge in [0.1, 0.15) is 12.9 Å². The van der Waals surface area contributed by atoms with E-state index < -0.39 is 0 Å². The molecule has 128 valence electrons. The van der Waals surface area contributed by atoms with Crippen LogP contribution in [0.2, 0.25) is 0 Å². The summed E-state index contributed by atoms with van der Waals surface area (Å²) in [6.07, 6.45) is -0.336. The Bertz CT molecular complexity index is 650. The molecule has 4 heteroatoms. The van der Waals surface area contributed by atoms with Gasteiger partial charge in [0, 0.05) is 14.0 Å². The van der Waals surface area contributed by atoms with E-state index in [2.05, 4.69) is 5.32 Å². The van der Waals surface area contributed by atoms with Crippen molar-refractivity contribution < 1.29 is 14.3 Å². The Morgan fingerprint density at radius 1 is 0.958 bits per heavy atom. The van der Waals surface area contributed by atoms with Gasteiger partial charge in [-0.15, -0.1) is 0 Å². The van der Waals surface area contributed by atoms with Gasteiger partial charge in [0.15, 0.2) is 0 Å². The van der Waals surface area contributed by atoms with Crippen LogP contribution in [0.5, 0.6) is 0 Å². The van der Waals surface area contributed by atoms with Gasteiger partial charge in [-0.3, -0.25) is 4.79 Å². The molecule has 4 nitrogen and oxygen atoms in total. The first-order valence-corrected chi connectivity index (χ1v) is 8.02. The van der Waals surface area contributed by atoms with Crippen LogP contribution in [-0.4, -0.2) is 19.8 Å². The number of rotatable bonds is 7. The number of hydrogen-bond donors (Lipinski definition) is 1. The van der Waals surface area contributed by atoms with Crippen LogP contribution in [0.1, 0.15) is 41.3 Å². The van der Waals surface area contributed by atoms with Crippen LogP contribution in [-0.2, 0) is 14.3 Å². The molecule has 0 saturated carbocycles. The van der Waals surface area contributed by atoms with E-state index in [1.165, 1.54) is 18.1 Å². The quantitative estimate of drug-likeness (QED) is 0.786. The largest absolute Gasteiger partial charge is 0.359 e. The van der Waals surface area contributed by atoms with Crippen molar-refractivity contribution in [3.8, 4) is 0 Å². The SMILES string of the molecule is COCOC(c1ccc(C)cc1)C(NC(C)=O)c1ccc(C)cc1. The van der Waals surface area contributed by atoms with E-state index in [1.807, 2.05) is 62.4 Å². The monoisotopic (exact) mass is 327 g/mol.